The summed E-state index contributed by atoms with van der Waals surface area (Å²) in [5.41, 5.74) is -0.0876. The molecular formula is C15H20N2O6. The van der Waals surface area contributed by atoms with Crippen molar-refractivity contribution in [2.24, 2.45) is 0 Å². The maximum absolute atomic E-state index is 11.8. The highest BCUT2D eigenvalue weighted by atomic mass is 16.5. The Kier molecular flexibility index (Phi) is 6.85. The van der Waals surface area contributed by atoms with Gasteiger partial charge in [-0.05, 0) is 26.0 Å². The Balaban J connectivity index is 2.52. The van der Waals surface area contributed by atoms with Crippen molar-refractivity contribution in [2.75, 3.05) is 20.3 Å². The number of likely N-dealkylation sites (N-methyl/N-ethyl adjacent to an activating group) is 1. The van der Waals surface area contributed by atoms with E-state index in [0.717, 1.165) is 0 Å². The standard InChI is InChI=1S/C15H20N2O6/c1-4-16-14(20)9(2)17-13(19)8-23-15(21)11-6-5-10(22-3)7-12(11)18/h5-7,9,18H,4,8H2,1-3H3,(H,16,20)(H,17,19)/t9-/m1/s1. The monoisotopic (exact) mass is 324 g/mol. The van der Waals surface area contributed by atoms with E-state index in [-0.39, 0.29) is 17.2 Å². The number of esters is 1. The van der Waals surface area contributed by atoms with E-state index in [0.29, 0.717) is 12.3 Å². The van der Waals surface area contributed by atoms with Crippen molar-refractivity contribution < 1.29 is 29.0 Å². The van der Waals surface area contributed by atoms with Gasteiger partial charge in [0.05, 0.1) is 7.11 Å². The van der Waals surface area contributed by atoms with Crippen LogP contribution in [0.5, 0.6) is 11.5 Å². The second-order valence-corrected chi connectivity index (χ2v) is 4.64. The molecular weight excluding hydrogens is 304 g/mol. The first kappa shape index (κ1) is 18.3. The molecule has 3 N–H and O–H groups in total. The summed E-state index contributed by atoms with van der Waals surface area (Å²) >= 11 is 0. The summed E-state index contributed by atoms with van der Waals surface area (Å²) in [5.74, 6) is -1.74. The largest absolute Gasteiger partial charge is 0.507 e. The predicted molar refractivity (Wildman–Crippen MR) is 81.2 cm³/mol. The zero-order valence-electron chi connectivity index (χ0n) is 13.2. The van der Waals surface area contributed by atoms with E-state index in [2.05, 4.69) is 10.6 Å². The number of phenolic OH excluding ortho intramolecular Hbond substituents is 1. The van der Waals surface area contributed by atoms with Gasteiger partial charge in [-0.2, -0.15) is 0 Å². The molecule has 1 rings (SSSR count). The van der Waals surface area contributed by atoms with E-state index in [9.17, 15) is 19.5 Å². The van der Waals surface area contributed by atoms with Crippen LogP contribution in [0.15, 0.2) is 18.2 Å². The summed E-state index contributed by atoms with van der Waals surface area (Å²) in [6, 6.07) is 3.32. The van der Waals surface area contributed by atoms with Gasteiger partial charge in [-0.1, -0.05) is 0 Å². The molecule has 0 aliphatic carbocycles. The number of methoxy groups -OCH3 is 1. The minimum Gasteiger partial charge on any atom is -0.507 e. The summed E-state index contributed by atoms with van der Waals surface area (Å²) in [5, 5.41) is 14.6. The highest BCUT2D eigenvalue weighted by molar-refractivity contribution is 5.94. The third-order valence-electron chi connectivity index (χ3n) is 2.88. The molecule has 1 atom stereocenters. The zero-order valence-corrected chi connectivity index (χ0v) is 13.2. The van der Waals surface area contributed by atoms with Crippen LogP contribution in [0.1, 0.15) is 24.2 Å². The lowest BCUT2D eigenvalue weighted by Gasteiger charge is -2.13. The third-order valence-corrected chi connectivity index (χ3v) is 2.88. The fraction of sp³-hybridized carbons (Fsp3) is 0.400. The quantitative estimate of drug-likeness (QED) is 0.617. The van der Waals surface area contributed by atoms with Crippen LogP contribution in [-0.4, -0.2) is 49.2 Å². The second-order valence-electron chi connectivity index (χ2n) is 4.64. The molecule has 0 heterocycles. The molecule has 0 aliphatic heterocycles. The smallest absolute Gasteiger partial charge is 0.342 e. The first-order valence-electron chi connectivity index (χ1n) is 7.00. The van der Waals surface area contributed by atoms with Gasteiger partial charge in [0.25, 0.3) is 5.91 Å². The highest BCUT2D eigenvalue weighted by Gasteiger charge is 2.18. The van der Waals surface area contributed by atoms with Gasteiger partial charge < -0.3 is 25.2 Å². The van der Waals surface area contributed by atoms with E-state index in [1.807, 2.05) is 0 Å². The van der Waals surface area contributed by atoms with E-state index in [4.69, 9.17) is 9.47 Å². The fourth-order valence-electron chi connectivity index (χ4n) is 1.70. The molecule has 8 nitrogen and oxygen atoms in total. The maximum Gasteiger partial charge on any atom is 0.342 e. The molecule has 2 amide bonds. The Labute approximate surface area is 133 Å². The number of hydrogen-bond acceptors (Lipinski definition) is 6. The number of nitrogens with one attached hydrogen (secondary N) is 2. The minimum absolute atomic E-state index is 0.0876. The lowest BCUT2D eigenvalue weighted by molar-refractivity contribution is -0.130. The van der Waals surface area contributed by atoms with Gasteiger partial charge in [-0.15, -0.1) is 0 Å². The average Bonchev–Trinajstić information content (AvgIpc) is 2.52. The van der Waals surface area contributed by atoms with Gasteiger partial charge in [0.15, 0.2) is 6.61 Å². The summed E-state index contributed by atoms with van der Waals surface area (Å²) in [6.45, 7) is 3.16. The number of rotatable bonds is 7. The van der Waals surface area contributed by atoms with Gasteiger partial charge in [-0.3, -0.25) is 9.59 Å². The van der Waals surface area contributed by atoms with Gasteiger partial charge in [0, 0.05) is 12.6 Å². The van der Waals surface area contributed by atoms with Crippen LogP contribution in [0.4, 0.5) is 0 Å². The van der Waals surface area contributed by atoms with Gasteiger partial charge in [0.1, 0.15) is 23.1 Å². The molecule has 0 fully saturated rings. The van der Waals surface area contributed by atoms with Crippen LogP contribution in [0.25, 0.3) is 0 Å². The normalized spacial score (nSPS) is 11.3. The summed E-state index contributed by atoms with van der Waals surface area (Å²) < 4.78 is 9.70. The Morgan fingerprint density at radius 1 is 1.30 bits per heavy atom. The number of carbonyl (C=O) groups excluding carboxylic acids is 3. The number of phenols is 1. The molecule has 8 heteroatoms. The van der Waals surface area contributed by atoms with Crippen molar-refractivity contribution >= 4 is 17.8 Å². The number of hydrogen-bond donors (Lipinski definition) is 3. The number of benzene rings is 1. The molecule has 0 spiro atoms. The second kappa shape index (κ2) is 8.62. The van der Waals surface area contributed by atoms with Crippen LogP contribution < -0.4 is 15.4 Å². The molecule has 0 saturated carbocycles. The van der Waals surface area contributed by atoms with Crippen LogP contribution in [0.2, 0.25) is 0 Å². The predicted octanol–water partition coefficient (Wildman–Crippen LogP) is 0.198. The van der Waals surface area contributed by atoms with E-state index in [1.165, 1.54) is 32.2 Å². The lowest BCUT2D eigenvalue weighted by atomic mass is 10.2. The molecule has 0 saturated heterocycles. The first-order valence-corrected chi connectivity index (χ1v) is 7.00. The van der Waals surface area contributed by atoms with Crippen molar-refractivity contribution in [2.45, 2.75) is 19.9 Å². The molecule has 126 valence electrons. The molecule has 1 aromatic rings. The van der Waals surface area contributed by atoms with Crippen molar-refractivity contribution in [3.8, 4) is 11.5 Å². The van der Waals surface area contributed by atoms with Crippen LogP contribution in [0.3, 0.4) is 0 Å². The minimum atomic E-state index is -0.856. The topological polar surface area (TPSA) is 114 Å². The van der Waals surface area contributed by atoms with Crippen LogP contribution in [0, 0.1) is 0 Å². The van der Waals surface area contributed by atoms with E-state index < -0.39 is 24.5 Å². The van der Waals surface area contributed by atoms with Gasteiger partial charge in [0.2, 0.25) is 5.91 Å². The average molecular weight is 324 g/mol. The number of amides is 2. The third kappa shape index (κ3) is 5.50. The fourth-order valence-corrected chi connectivity index (χ4v) is 1.70. The Morgan fingerprint density at radius 2 is 2.00 bits per heavy atom. The first-order chi connectivity index (χ1) is 10.9. The molecule has 0 bridgehead atoms. The Hall–Kier alpha value is -2.77. The molecule has 23 heavy (non-hydrogen) atoms. The van der Waals surface area contributed by atoms with E-state index >= 15 is 0 Å². The maximum atomic E-state index is 11.8. The number of ether oxygens (including phenoxy) is 2. The Morgan fingerprint density at radius 3 is 2.57 bits per heavy atom. The molecule has 0 aliphatic rings. The lowest BCUT2D eigenvalue weighted by Crippen LogP contribution is -2.46. The van der Waals surface area contributed by atoms with Crippen LogP contribution >= 0.6 is 0 Å². The SMILES string of the molecule is CCNC(=O)[C@@H](C)NC(=O)COC(=O)c1ccc(OC)cc1O. The molecule has 1 aromatic carbocycles. The Bertz CT molecular complexity index is 587. The van der Waals surface area contributed by atoms with Gasteiger partial charge in [-0.25, -0.2) is 4.79 Å². The molecule has 0 aromatic heterocycles. The van der Waals surface area contributed by atoms with Crippen molar-refractivity contribution in [3.63, 3.8) is 0 Å². The molecule has 0 radical (unpaired) electrons. The highest BCUT2D eigenvalue weighted by Crippen LogP contribution is 2.23. The van der Waals surface area contributed by atoms with Gasteiger partial charge >= 0.3 is 5.97 Å². The van der Waals surface area contributed by atoms with Crippen molar-refractivity contribution in [3.05, 3.63) is 23.8 Å². The summed E-state index contributed by atoms with van der Waals surface area (Å²) in [4.78, 5) is 34.9. The van der Waals surface area contributed by atoms with E-state index in [1.54, 1.807) is 6.92 Å². The number of aromatic hydroxyl groups is 1. The van der Waals surface area contributed by atoms with Crippen molar-refractivity contribution in [1.82, 2.24) is 10.6 Å². The number of carbonyl (C=O) groups is 3. The summed E-state index contributed by atoms with van der Waals surface area (Å²) in [6.07, 6.45) is 0. The van der Waals surface area contributed by atoms with Crippen molar-refractivity contribution in [1.29, 1.82) is 0 Å². The molecule has 0 unspecified atom stereocenters. The van der Waals surface area contributed by atoms with Crippen LogP contribution in [-0.2, 0) is 14.3 Å². The summed E-state index contributed by atoms with van der Waals surface area (Å²) in [7, 11) is 1.42. The zero-order chi connectivity index (χ0) is 17.4.